The van der Waals surface area contributed by atoms with Crippen LogP contribution in [0.3, 0.4) is 0 Å². The molecule has 0 aliphatic heterocycles. The van der Waals surface area contributed by atoms with E-state index in [4.69, 9.17) is 0 Å². The molecule has 0 spiro atoms. The highest BCUT2D eigenvalue weighted by Crippen LogP contribution is 2.55. The second-order valence-corrected chi connectivity index (χ2v) is 11.5. The number of rotatable bonds is 8. The first-order valence-corrected chi connectivity index (χ1v) is 13.5. The van der Waals surface area contributed by atoms with Crippen molar-refractivity contribution in [1.29, 1.82) is 0 Å². The molecule has 0 aromatic heterocycles. The molecule has 0 aromatic carbocycles. The minimum Gasteiger partial charge on any atom is -0.508 e. The highest BCUT2D eigenvalue weighted by Gasteiger charge is 2.58. The Morgan fingerprint density at radius 2 is 1.76 bits per heavy atom. The zero-order valence-electron chi connectivity index (χ0n) is 22.6. The van der Waals surface area contributed by atoms with Gasteiger partial charge >= 0.3 is 0 Å². The number of ketones is 3. The van der Waals surface area contributed by atoms with Gasteiger partial charge in [-0.15, -0.1) is 0 Å². The predicted octanol–water partition coefficient (Wildman–Crippen LogP) is 3.49. The quantitative estimate of drug-likeness (QED) is 0.297. The highest BCUT2D eigenvalue weighted by molar-refractivity contribution is 6.20. The molecule has 0 amide bonds. The van der Waals surface area contributed by atoms with Gasteiger partial charge in [-0.25, -0.2) is 0 Å². The van der Waals surface area contributed by atoms with Crippen molar-refractivity contribution >= 4 is 17.3 Å². The van der Waals surface area contributed by atoms with Gasteiger partial charge in [0.2, 0.25) is 0 Å². The smallest absolute Gasteiger partial charge is 0.182 e. The van der Waals surface area contributed by atoms with E-state index in [0.717, 1.165) is 25.5 Å². The van der Waals surface area contributed by atoms with E-state index in [1.807, 2.05) is 25.9 Å². The van der Waals surface area contributed by atoms with Gasteiger partial charge in [0.05, 0.1) is 11.7 Å². The fourth-order valence-corrected chi connectivity index (χ4v) is 6.73. The van der Waals surface area contributed by atoms with Crippen LogP contribution < -0.4 is 0 Å². The molecule has 0 fully saturated rings. The SMILES string of the molecule is CCCCC(O)CCC1CC(N(C)C)=C2C[C@H]3C[C@H]4CC(=O)C(C(C)=O)=C(O)[C@@]4(O)C(O)=C3C(O)=C2C1=O. The van der Waals surface area contributed by atoms with Gasteiger partial charge in [0.15, 0.2) is 23.0 Å². The van der Waals surface area contributed by atoms with Gasteiger partial charge in [0.25, 0.3) is 0 Å². The lowest BCUT2D eigenvalue weighted by atomic mass is 9.60. The molecule has 4 aliphatic rings. The summed E-state index contributed by atoms with van der Waals surface area (Å²) in [6, 6.07) is 0. The Morgan fingerprint density at radius 1 is 1.08 bits per heavy atom. The zero-order valence-corrected chi connectivity index (χ0v) is 22.6. The molecule has 9 heteroatoms. The van der Waals surface area contributed by atoms with Crippen molar-refractivity contribution in [1.82, 2.24) is 4.90 Å². The van der Waals surface area contributed by atoms with Gasteiger partial charge in [-0.05, 0) is 56.9 Å². The molecule has 0 heterocycles. The molecule has 0 aromatic rings. The monoisotopic (exact) mass is 529 g/mol. The largest absolute Gasteiger partial charge is 0.508 e. The van der Waals surface area contributed by atoms with E-state index in [-0.39, 0.29) is 29.8 Å². The lowest BCUT2D eigenvalue weighted by molar-refractivity contribution is -0.127. The summed E-state index contributed by atoms with van der Waals surface area (Å²) in [4.78, 5) is 40.3. The summed E-state index contributed by atoms with van der Waals surface area (Å²) < 4.78 is 0. The number of fused-ring (bicyclic) bond motifs is 3. The minimum atomic E-state index is -2.40. The van der Waals surface area contributed by atoms with E-state index in [0.29, 0.717) is 37.7 Å². The Labute approximate surface area is 222 Å². The van der Waals surface area contributed by atoms with Crippen molar-refractivity contribution < 1.29 is 39.9 Å². The number of carbonyl (C=O) groups excluding carboxylic acids is 3. The lowest BCUT2D eigenvalue weighted by Crippen LogP contribution is -2.52. The van der Waals surface area contributed by atoms with Gasteiger partial charge in [0, 0.05) is 43.6 Å². The van der Waals surface area contributed by atoms with E-state index in [1.54, 1.807) is 0 Å². The Balaban J connectivity index is 1.81. The summed E-state index contributed by atoms with van der Waals surface area (Å²) in [7, 11) is 3.74. The Morgan fingerprint density at radius 3 is 2.37 bits per heavy atom. The van der Waals surface area contributed by atoms with Crippen LogP contribution in [0.5, 0.6) is 0 Å². The van der Waals surface area contributed by atoms with Crippen molar-refractivity contribution in [3.63, 3.8) is 0 Å². The second kappa shape index (κ2) is 10.3. The molecule has 0 saturated heterocycles. The summed E-state index contributed by atoms with van der Waals surface area (Å²) in [5, 5.41) is 55.5. The van der Waals surface area contributed by atoms with Gasteiger partial charge in [-0.2, -0.15) is 0 Å². The van der Waals surface area contributed by atoms with Crippen LogP contribution in [0.25, 0.3) is 0 Å². The Bertz CT molecular complexity index is 1190. The van der Waals surface area contributed by atoms with Crippen LogP contribution in [0.2, 0.25) is 0 Å². The molecule has 4 aliphatic carbocycles. The molecule has 5 N–H and O–H groups in total. The third kappa shape index (κ3) is 4.39. The van der Waals surface area contributed by atoms with Gasteiger partial charge in [-0.1, -0.05) is 19.8 Å². The zero-order chi connectivity index (χ0) is 28.1. The van der Waals surface area contributed by atoms with E-state index < -0.39 is 63.9 Å². The average Bonchev–Trinajstić information content (AvgIpc) is 2.83. The molecule has 0 bridgehead atoms. The third-order valence-corrected chi connectivity index (χ3v) is 8.77. The maximum absolute atomic E-state index is 13.7. The van der Waals surface area contributed by atoms with Crippen molar-refractivity contribution in [3.8, 4) is 0 Å². The number of Topliss-reactive ketones (excluding diaryl/α,β-unsaturated/α-hetero) is 3. The van der Waals surface area contributed by atoms with E-state index in [2.05, 4.69) is 0 Å². The maximum atomic E-state index is 13.7. The van der Waals surface area contributed by atoms with Crippen LogP contribution in [-0.2, 0) is 14.4 Å². The topological polar surface area (TPSA) is 156 Å². The average molecular weight is 530 g/mol. The van der Waals surface area contributed by atoms with Crippen molar-refractivity contribution in [2.75, 3.05) is 14.1 Å². The fraction of sp³-hybridized carbons (Fsp3) is 0.621. The maximum Gasteiger partial charge on any atom is 0.182 e. The molecule has 208 valence electrons. The lowest BCUT2D eigenvalue weighted by Gasteiger charge is -2.47. The number of aliphatic hydroxyl groups is 5. The van der Waals surface area contributed by atoms with Crippen LogP contribution in [-0.4, -0.2) is 73.6 Å². The summed E-state index contributed by atoms with van der Waals surface area (Å²) in [6.07, 6.45) is 3.63. The van der Waals surface area contributed by atoms with Crippen LogP contribution >= 0.6 is 0 Å². The number of nitrogens with zero attached hydrogens (tertiary/aromatic N) is 1. The second-order valence-electron chi connectivity index (χ2n) is 11.5. The molecule has 4 rings (SSSR count). The summed E-state index contributed by atoms with van der Waals surface area (Å²) >= 11 is 0. The Kier molecular flexibility index (Phi) is 7.65. The van der Waals surface area contributed by atoms with Crippen molar-refractivity contribution in [2.24, 2.45) is 17.8 Å². The number of hydrogen-bond acceptors (Lipinski definition) is 9. The van der Waals surface area contributed by atoms with Crippen molar-refractivity contribution in [3.05, 3.63) is 45.3 Å². The first-order valence-electron chi connectivity index (χ1n) is 13.5. The van der Waals surface area contributed by atoms with Crippen LogP contribution in [0.1, 0.15) is 71.6 Å². The normalized spacial score (nSPS) is 30.3. The fourth-order valence-electron chi connectivity index (χ4n) is 6.73. The van der Waals surface area contributed by atoms with Crippen LogP contribution in [0.15, 0.2) is 45.3 Å². The number of allylic oxidation sites excluding steroid dienone is 5. The molecule has 5 atom stereocenters. The molecule has 2 unspecified atom stereocenters. The minimum absolute atomic E-state index is 0.0265. The van der Waals surface area contributed by atoms with Gasteiger partial charge < -0.3 is 30.4 Å². The Hall–Kier alpha value is -2.91. The predicted molar refractivity (Wildman–Crippen MR) is 139 cm³/mol. The summed E-state index contributed by atoms with van der Waals surface area (Å²) in [5.74, 6) is -5.50. The van der Waals surface area contributed by atoms with Crippen LogP contribution in [0, 0.1) is 17.8 Å². The van der Waals surface area contributed by atoms with Gasteiger partial charge in [0.1, 0.15) is 22.9 Å². The molecule has 0 saturated carbocycles. The van der Waals surface area contributed by atoms with E-state index in [9.17, 15) is 39.9 Å². The molecular formula is C29H39NO8. The highest BCUT2D eigenvalue weighted by atomic mass is 16.4. The summed E-state index contributed by atoms with van der Waals surface area (Å²) in [6.45, 7) is 3.15. The van der Waals surface area contributed by atoms with E-state index >= 15 is 0 Å². The third-order valence-electron chi connectivity index (χ3n) is 8.77. The standard InChI is InChI=1S/C29H39NO8/c1-5-6-7-18(32)9-8-15-12-20(30(3)4)19-11-16-10-17-13-21(33)22(14(2)31)27(36)29(17,38)28(37)23(16)26(35)24(19)25(15)34/h15-18,32,35-38H,5-13H2,1-4H3/t15?,16-,17+,18?,29-/m1/s1. The molecule has 38 heavy (non-hydrogen) atoms. The number of carbonyl (C=O) groups is 3. The molecule has 0 radical (unpaired) electrons. The molecular weight excluding hydrogens is 490 g/mol. The first kappa shape index (κ1) is 28.1. The van der Waals surface area contributed by atoms with Crippen LogP contribution in [0.4, 0.5) is 0 Å². The molecule has 9 nitrogen and oxygen atoms in total. The van der Waals surface area contributed by atoms with E-state index in [1.165, 1.54) is 0 Å². The summed E-state index contributed by atoms with van der Waals surface area (Å²) in [5.41, 5.74) is -1.32. The van der Waals surface area contributed by atoms with Gasteiger partial charge in [-0.3, -0.25) is 14.4 Å². The number of aliphatic hydroxyl groups excluding tert-OH is 4. The first-order chi connectivity index (χ1) is 17.8. The van der Waals surface area contributed by atoms with Crippen molar-refractivity contribution in [2.45, 2.75) is 83.3 Å². The number of hydrogen-bond donors (Lipinski definition) is 5. The number of unbranched alkanes of at least 4 members (excludes halogenated alkanes) is 1.